The standard InChI is InChI=1S/C26H10F4N2O4/c27-15-3-1-4-16(28)21(15)31-23(33)11-7-9-13-20-14(10-8-12(19(11)20)24(31)34)26(36)32(25(13)35)22-17(29)5-2-6-18(22)30/h1-10H. The Morgan fingerprint density at radius 1 is 0.417 bits per heavy atom. The van der Waals surface area contributed by atoms with E-state index >= 15 is 0 Å². The topological polar surface area (TPSA) is 74.8 Å². The van der Waals surface area contributed by atoms with Gasteiger partial charge in [-0.05, 0) is 48.5 Å². The maximum absolute atomic E-state index is 14.5. The van der Waals surface area contributed by atoms with Gasteiger partial charge in [0.25, 0.3) is 23.6 Å². The Hall–Kier alpha value is -4.86. The van der Waals surface area contributed by atoms with Gasteiger partial charge in [-0.3, -0.25) is 19.2 Å². The van der Waals surface area contributed by atoms with Crippen LogP contribution in [0.1, 0.15) is 41.4 Å². The molecule has 6 rings (SSSR count). The van der Waals surface area contributed by atoms with Crippen LogP contribution in [0, 0.1) is 23.3 Å². The molecular formula is C26H10F4N2O4. The number of rotatable bonds is 2. The molecule has 0 saturated carbocycles. The molecule has 0 atom stereocenters. The lowest BCUT2D eigenvalue weighted by Crippen LogP contribution is -2.44. The van der Waals surface area contributed by atoms with E-state index in [1.165, 1.54) is 0 Å². The highest BCUT2D eigenvalue weighted by molar-refractivity contribution is 6.42. The lowest BCUT2D eigenvalue weighted by molar-refractivity contribution is 0.0870. The number of anilines is 2. The van der Waals surface area contributed by atoms with Crippen LogP contribution in [0.4, 0.5) is 28.9 Å². The maximum Gasteiger partial charge on any atom is 0.266 e. The maximum atomic E-state index is 14.5. The molecular weight excluding hydrogens is 480 g/mol. The van der Waals surface area contributed by atoms with Crippen molar-refractivity contribution in [1.82, 2.24) is 0 Å². The van der Waals surface area contributed by atoms with Crippen molar-refractivity contribution >= 4 is 45.8 Å². The van der Waals surface area contributed by atoms with Crippen LogP contribution >= 0.6 is 0 Å². The van der Waals surface area contributed by atoms with E-state index in [0.29, 0.717) is 9.80 Å². The van der Waals surface area contributed by atoms with E-state index in [2.05, 4.69) is 0 Å². The predicted molar refractivity (Wildman–Crippen MR) is 119 cm³/mol. The monoisotopic (exact) mass is 490 g/mol. The summed E-state index contributed by atoms with van der Waals surface area (Å²) in [7, 11) is 0. The summed E-state index contributed by atoms with van der Waals surface area (Å²) in [4.78, 5) is 53.8. The number of hydrogen-bond acceptors (Lipinski definition) is 4. The van der Waals surface area contributed by atoms with Crippen molar-refractivity contribution in [3.8, 4) is 0 Å². The fourth-order valence-corrected chi connectivity index (χ4v) is 4.69. The van der Waals surface area contributed by atoms with Crippen LogP contribution in [-0.4, -0.2) is 23.6 Å². The molecule has 6 nitrogen and oxygen atoms in total. The van der Waals surface area contributed by atoms with Gasteiger partial charge in [-0.25, -0.2) is 27.4 Å². The first kappa shape index (κ1) is 21.7. The Bertz CT molecular complexity index is 1500. The number of nitrogens with zero attached hydrogens (tertiary/aromatic N) is 2. The van der Waals surface area contributed by atoms with Gasteiger partial charge in [-0.15, -0.1) is 0 Å². The summed E-state index contributed by atoms with van der Waals surface area (Å²) in [5, 5.41) is -0.133. The first-order valence-corrected chi connectivity index (χ1v) is 10.5. The van der Waals surface area contributed by atoms with E-state index in [4.69, 9.17) is 0 Å². The fourth-order valence-electron chi connectivity index (χ4n) is 4.69. The molecule has 2 heterocycles. The van der Waals surface area contributed by atoms with Crippen LogP contribution in [0.3, 0.4) is 0 Å². The summed E-state index contributed by atoms with van der Waals surface area (Å²) in [5.41, 5.74) is -2.45. The second-order valence-electron chi connectivity index (χ2n) is 8.10. The highest BCUT2D eigenvalue weighted by atomic mass is 19.1. The van der Waals surface area contributed by atoms with Gasteiger partial charge in [0.1, 0.15) is 34.6 Å². The first-order chi connectivity index (χ1) is 17.2. The van der Waals surface area contributed by atoms with Crippen molar-refractivity contribution < 1.29 is 36.7 Å². The second-order valence-corrected chi connectivity index (χ2v) is 8.10. The molecule has 0 N–H and O–H groups in total. The van der Waals surface area contributed by atoms with E-state index in [1.807, 2.05) is 0 Å². The van der Waals surface area contributed by atoms with Crippen molar-refractivity contribution in [1.29, 1.82) is 0 Å². The zero-order valence-electron chi connectivity index (χ0n) is 17.8. The minimum atomic E-state index is -1.14. The molecule has 0 spiro atoms. The Morgan fingerprint density at radius 2 is 0.667 bits per heavy atom. The Kier molecular flexibility index (Phi) is 4.40. The van der Waals surface area contributed by atoms with Crippen molar-refractivity contribution in [3.05, 3.63) is 106 Å². The number of benzene rings is 4. The molecule has 2 aliphatic rings. The SMILES string of the molecule is O=C1c2ccc3c4c(ccc(c24)C(=O)N1c1c(F)cccc1F)C(=O)N(c1c(F)cccc1F)C3=O. The zero-order valence-corrected chi connectivity index (χ0v) is 17.8. The van der Waals surface area contributed by atoms with E-state index in [0.717, 1.165) is 60.7 Å². The zero-order chi connectivity index (χ0) is 25.5. The average molecular weight is 490 g/mol. The normalized spacial score (nSPS) is 14.8. The molecule has 36 heavy (non-hydrogen) atoms. The summed E-state index contributed by atoms with van der Waals surface area (Å²) in [6.45, 7) is 0. The van der Waals surface area contributed by atoms with Gasteiger partial charge in [0.15, 0.2) is 0 Å². The summed E-state index contributed by atoms with van der Waals surface area (Å²) >= 11 is 0. The molecule has 4 aromatic carbocycles. The largest absolute Gasteiger partial charge is 0.268 e. The molecule has 0 bridgehead atoms. The van der Waals surface area contributed by atoms with Crippen molar-refractivity contribution in [2.24, 2.45) is 0 Å². The molecule has 0 aliphatic carbocycles. The molecule has 0 radical (unpaired) electrons. The van der Waals surface area contributed by atoms with E-state index < -0.39 is 58.3 Å². The van der Waals surface area contributed by atoms with Gasteiger partial charge >= 0.3 is 0 Å². The fraction of sp³-hybridized carbons (Fsp3) is 0. The van der Waals surface area contributed by atoms with Gasteiger partial charge in [0.05, 0.1) is 0 Å². The van der Waals surface area contributed by atoms with Crippen molar-refractivity contribution in [2.75, 3.05) is 9.80 Å². The van der Waals surface area contributed by atoms with Crippen LogP contribution in [-0.2, 0) is 0 Å². The minimum Gasteiger partial charge on any atom is -0.268 e. The van der Waals surface area contributed by atoms with Crippen LogP contribution in [0.15, 0.2) is 60.7 Å². The molecule has 2 aliphatic heterocycles. The molecule has 0 fully saturated rings. The molecule has 4 aromatic rings. The lowest BCUT2D eigenvalue weighted by atomic mass is 9.85. The van der Waals surface area contributed by atoms with E-state index in [1.54, 1.807) is 0 Å². The first-order valence-electron chi connectivity index (χ1n) is 10.5. The quantitative estimate of drug-likeness (QED) is 0.293. The summed E-state index contributed by atoms with van der Waals surface area (Å²) < 4.78 is 57.9. The summed E-state index contributed by atoms with van der Waals surface area (Å²) in [6.07, 6.45) is 0. The third-order valence-corrected chi connectivity index (χ3v) is 6.22. The second kappa shape index (κ2) is 7.32. The van der Waals surface area contributed by atoms with E-state index in [-0.39, 0.29) is 33.0 Å². The van der Waals surface area contributed by atoms with Crippen LogP contribution in [0.25, 0.3) is 10.8 Å². The number of hydrogen-bond donors (Lipinski definition) is 0. The van der Waals surface area contributed by atoms with Gasteiger partial charge in [0.2, 0.25) is 0 Å². The molecule has 0 unspecified atom stereocenters. The lowest BCUT2D eigenvalue weighted by Gasteiger charge is -2.32. The number of para-hydroxylation sites is 2. The third-order valence-electron chi connectivity index (χ3n) is 6.22. The number of carbonyl (C=O) groups excluding carboxylic acids is 4. The van der Waals surface area contributed by atoms with Crippen LogP contribution in [0.2, 0.25) is 0 Å². The highest BCUT2D eigenvalue weighted by Gasteiger charge is 2.42. The summed E-state index contributed by atoms with van der Waals surface area (Å²) in [5.74, 6) is -8.83. The van der Waals surface area contributed by atoms with Crippen molar-refractivity contribution in [3.63, 3.8) is 0 Å². The van der Waals surface area contributed by atoms with Gasteiger partial charge < -0.3 is 0 Å². The van der Waals surface area contributed by atoms with Gasteiger partial charge in [0, 0.05) is 33.0 Å². The number of carbonyl (C=O) groups is 4. The van der Waals surface area contributed by atoms with E-state index in [9.17, 15) is 36.7 Å². The summed E-state index contributed by atoms with van der Waals surface area (Å²) in [6, 6.07) is 10.4. The Balaban J connectivity index is 1.59. The number of amides is 4. The van der Waals surface area contributed by atoms with Crippen molar-refractivity contribution in [2.45, 2.75) is 0 Å². The average Bonchev–Trinajstić information content (AvgIpc) is 2.84. The molecule has 4 amide bonds. The number of imide groups is 2. The molecule has 10 heteroatoms. The van der Waals surface area contributed by atoms with Gasteiger partial charge in [-0.2, -0.15) is 0 Å². The Labute approximate surface area is 199 Å². The smallest absolute Gasteiger partial charge is 0.266 e. The minimum absolute atomic E-state index is 0.0663. The number of halogens is 4. The Morgan fingerprint density at radius 3 is 0.917 bits per heavy atom. The van der Waals surface area contributed by atoms with Gasteiger partial charge in [-0.1, -0.05) is 12.1 Å². The highest BCUT2D eigenvalue weighted by Crippen LogP contribution is 2.41. The molecule has 176 valence electrons. The molecule has 0 saturated heterocycles. The molecule has 0 aromatic heterocycles. The third kappa shape index (κ3) is 2.66. The van der Waals surface area contributed by atoms with Crippen LogP contribution < -0.4 is 9.80 Å². The predicted octanol–water partition coefficient (Wildman–Crippen LogP) is 5.00. The van der Waals surface area contributed by atoms with Crippen LogP contribution in [0.5, 0.6) is 0 Å².